The summed E-state index contributed by atoms with van der Waals surface area (Å²) in [6, 6.07) is 14.7. The van der Waals surface area contributed by atoms with Crippen molar-refractivity contribution in [1.29, 1.82) is 5.26 Å². The zero-order valence-corrected chi connectivity index (χ0v) is 16.1. The van der Waals surface area contributed by atoms with E-state index in [1.54, 1.807) is 24.3 Å². The molecule has 2 aromatic rings. The molecule has 0 aliphatic heterocycles. The molecule has 2 rings (SSSR count). The summed E-state index contributed by atoms with van der Waals surface area (Å²) in [6.07, 6.45) is 1.55. The summed E-state index contributed by atoms with van der Waals surface area (Å²) < 4.78 is 11.4. The van der Waals surface area contributed by atoms with Gasteiger partial charge in [-0.3, -0.25) is 4.79 Å². The van der Waals surface area contributed by atoms with Crippen molar-refractivity contribution in [3.05, 3.63) is 59.2 Å². The van der Waals surface area contributed by atoms with Crippen LogP contribution in [-0.2, 0) is 4.79 Å². The maximum absolute atomic E-state index is 12.4. The number of anilines is 1. The SMILES string of the molecule is CCOc1cc(/C=C(\C#N)C(=O)Nc2cccc(C)c2)ccc1OC(C)C. The maximum atomic E-state index is 12.4. The van der Waals surface area contributed by atoms with Gasteiger partial charge in [0.2, 0.25) is 0 Å². The first-order valence-corrected chi connectivity index (χ1v) is 8.86. The van der Waals surface area contributed by atoms with Gasteiger partial charge in [-0.05, 0) is 69.2 Å². The molecule has 0 unspecified atom stereocenters. The Bertz CT molecular complexity index is 879. The van der Waals surface area contributed by atoms with Gasteiger partial charge in [-0.25, -0.2) is 0 Å². The van der Waals surface area contributed by atoms with E-state index in [0.29, 0.717) is 29.4 Å². The Morgan fingerprint density at radius 2 is 2.00 bits per heavy atom. The Balaban J connectivity index is 2.26. The molecular formula is C22H24N2O3. The van der Waals surface area contributed by atoms with Gasteiger partial charge in [-0.1, -0.05) is 18.2 Å². The first kappa shape index (κ1) is 20.1. The molecule has 0 aliphatic carbocycles. The van der Waals surface area contributed by atoms with Crippen LogP contribution in [0, 0.1) is 18.3 Å². The van der Waals surface area contributed by atoms with Crippen LogP contribution >= 0.6 is 0 Å². The highest BCUT2D eigenvalue weighted by molar-refractivity contribution is 6.09. The van der Waals surface area contributed by atoms with Gasteiger partial charge in [0.25, 0.3) is 5.91 Å². The molecule has 2 aromatic carbocycles. The minimum absolute atomic E-state index is 0.0106. The topological polar surface area (TPSA) is 71.3 Å². The van der Waals surface area contributed by atoms with E-state index in [0.717, 1.165) is 5.56 Å². The molecule has 5 heteroatoms. The number of ether oxygens (including phenoxy) is 2. The van der Waals surface area contributed by atoms with Gasteiger partial charge in [0, 0.05) is 5.69 Å². The molecule has 0 atom stereocenters. The summed E-state index contributed by atoms with van der Waals surface area (Å²) in [5.74, 6) is 0.756. The summed E-state index contributed by atoms with van der Waals surface area (Å²) >= 11 is 0. The summed E-state index contributed by atoms with van der Waals surface area (Å²) in [7, 11) is 0. The Kier molecular flexibility index (Phi) is 7.01. The lowest BCUT2D eigenvalue weighted by Gasteiger charge is -2.15. The highest BCUT2D eigenvalue weighted by Gasteiger charge is 2.12. The predicted octanol–water partition coefficient (Wildman–Crippen LogP) is 4.73. The lowest BCUT2D eigenvalue weighted by atomic mass is 10.1. The van der Waals surface area contributed by atoms with Crippen LogP contribution in [0.15, 0.2) is 48.0 Å². The van der Waals surface area contributed by atoms with Crippen LogP contribution in [0.2, 0.25) is 0 Å². The average molecular weight is 364 g/mol. The molecule has 0 spiro atoms. The fraction of sp³-hybridized carbons (Fsp3) is 0.273. The van der Waals surface area contributed by atoms with Crippen LogP contribution < -0.4 is 14.8 Å². The van der Waals surface area contributed by atoms with E-state index in [9.17, 15) is 10.1 Å². The van der Waals surface area contributed by atoms with Crippen LogP contribution in [0.4, 0.5) is 5.69 Å². The molecule has 0 heterocycles. The van der Waals surface area contributed by atoms with E-state index < -0.39 is 5.91 Å². The fourth-order valence-electron chi connectivity index (χ4n) is 2.47. The standard InChI is InChI=1S/C22H24N2O3/c1-5-26-21-13-17(9-10-20(21)27-15(2)3)12-18(14-23)22(25)24-19-8-6-7-16(4)11-19/h6-13,15H,5H2,1-4H3,(H,24,25)/b18-12+. The van der Waals surface area contributed by atoms with E-state index in [-0.39, 0.29) is 11.7 Å². The Labute approximate surface area is 160 Å². The highest BCUT2D eigenvalue weighted by atomic mass is 16.5. The van der Waals surface area contributed by atoms with Crippen molar-refractivity contribution in [3.63, 3.8) is 0 Å². The first-order chi connectivity index (χ1) is 12.9. The maximum Gasteiger partial charge on any atom is 0.266 e. The lowest BCUT2D eigenvalue weighted by Crippen LogP contribution is -2.13. The summed E-state index contributed by atoms with van der Waals surface area (Å²) in [5.41, 5.74) is 2.37. The monoisotopic (exact) mass is 364 g/mol. The zero-order valence-electron chi connectivity index (χ0n) is 16.1. The Hall–Kier alpha value is -3.26. The Morgan fingerprint density at radius 1 is 1.22 bits per heavy atom. The number of nitrogens with one attached hydrogen (secondary N) is 1. The van der Waals surface area contributed by atoms with E-state index in [4.69, 9.17) is 9.47 Å². The minimum atomic E-state index is -0.455. The molecule has 0 saturated heterocycles. The van der Waals surface area contributed by atoms with E-state index in [1.165, 1.54) is 6.08 Å². The number of aryl methyl sites for hydroxylation is 1. The van der Waals surface area contributed by atoms with Crippen LogP contribution in [0.25, 0.3) is 6.08 Å². The van der Waals surface area contributed by atoms with Gasteiger partial charge in [-0.15, -0.1) is 0 Å². The molecule has 0 fully saturated rings. The summed E-state index contributed by atoms with van der Waals surface area (Å²) in [4.78, 5) is 12.4. The molecule has 27 heavy (non-hydrogen) atoms. The number of nitrogens with zero attached hydrogens (tertiary/aromatic N) is 1. The second-order valence-corrected chi connectivity index (χ2v) is 6.30. The molecule has 0 aliphatic rings. The fourth-order valence-corrected chi connectivity index (χ4v) is 2.47. The van der Waals surface area contributed by atoms with Crippen molar-refractivity contribution in [1.82, 2.24) is 0 Å². The third kappa shape index (κ3) is 5.89. The number of rotatable bonds is 7. The molecule has 0 aromatic heterocycles. The lowest BCUT2D eigenvalue weighted by molar-refractivity contribution is -0.112. The zero-order chi connectivity index (χ0) is 19.8. The molecule has 1 N–H and O–H groups in total. The first-order valence-electron chi connectivity index (χ1n) is 8.86. The highest BCUT2D eigenvalue weighted by Crippen LogP contribution is 2.30. The van der Waals surface area contributed by atoms with Gasteiger partial charge >= 0.3 is 0 Å². The number of carbonyl (C=O) groups is 1. The summed E-state index contributed by atoms with van der Waals surface area (Å²) in [5, 5.41) is 12.1. The van der Waals surface area contributed by atoms with E-state index >= 15 is 0 Å². The van der Waals surface area contributed by atoms with Crippen molar-refractivity contribution in [2.24, 2.45) is 0 Å². The van der Waals surface area contributed by atoms with Gasteiger partial charge in [0.1, 0.15) is 11.6 Å². The third-order valence-electron chi connectivity index (χ3n) is 3.58. The minimum Gasteiger partial charge on any atom is -0.490 e. The number of hydrogen-bond acceptors (Lipinski definition) is 4. The summed E-state index contributed by atoms with van der Waals surface area (Å²) in [6.45, 7) is 8.19. The number of benzene rings is 2. The molecular weight excluding hydrogens is 340 g/mol. The van der Waals surface area contributed by atoms with Gasteiger partial charge < -0.3 is 14.8 Å². The van der Waals surface area contributed by atoms with Crippen molar-refractivity contribution in [2.75, 3.05) is 11.9 Å². The van der Waals surface area contributed by atoms with Crippen LogP contribution in [0.3, 0.4) is 0 Å². The smallest absolute Gasteiger partial charge is 0.266 e. The predicted molar refractivity (Wildman–Crippen MR) is 107 cm³/mol. The van der Waals surface area contributed by atoms with E-state index in [2.05, 4.69) is 5.32 Å². The van der Waals surface area contributed by atoms with Gasteiger partial charge in [0.15, 0.2) is 11.5 Å². The van der Waals surface area contributed by atoms with E-state index in [1.807, 2.05) is 52.0 Å². The van der Waals surface area contributed by atoms with Crippen molar-refractivity contribution >= 4 is 17.7 Å². The normalized spacial score (nSPS) is 11.0. The van der Waals surface area contributed by atoms with Crippen LogP contribution in [0.1, 0.15) is 31.9 Å². The molecule has 140 valence electrons. The van der Waals surface area contributed by atoms with Crippen molar-refractivity contribution in [2.45, 2.75) is 33.8 Å². The van der Waals surface area contributed by atoms with Crippen LogP contribution in [-0.4, -0.2) is 18.6 Å². The number of hydrogen-bond donors (Lipinski definition) is 1. The number of nitriles is 1. The van der Waals surface area contributed by atoms with Crippen molar-refractivity contribution in [3.8, 4) is 17.6 Å². The quantitative estimate of drug-likeness (QED) is 0.570. The van der Waals surface area contributed by atoms with Gasteiger partial charge in [-0.2, -0.15) is 5.26 Å². The number of amides is 1. The van der Waals surface area contributed by atoms with Gasteiger partial charge in [0.05, 0.1) is 12.7 Å². The average Bonchev–Trinajstić information content (AvgIpc) is 2.61. The van der Waals surface area contributed by atoms with Crippen LogP contribution in [0.5, 0.6) is 11.5 Å². The third-order valence-corrected chi connectivity index (χ3v) is 3.58. The molecule has 1 amide bonds. The Morgan fingerprint density at radius 3 is 2.63 bits per heavy atom. The second-order valence-electron chi connectivity index (χ2n) is 6.30. The second kappa shape index (κ2) is 9.44. The van der Waals surface area contributed by atoms with Crippen molar-refractivity contribution < 1.29 is 14.3 Å². The molecule has 0 saturated carbocycles. The molecule has 0 bridgehead atoms. The largest absolute Gasteiger partial charge is 0.490 e. The molecule has 0 radical (unpaired) electrons. The number of carbonyl (C=O) groups excluding carboxylic acids is 1. The molecule has 5 nitrogen and oxygen atoms in total.